The Bertz CT molecular complexity index is 708. The van der Waals surface area contributed by atoms with Crippen LogP contribution in [-0.2, 0) is 0 Å². The van der Waals surface area contributed by atoms with Crippen LogP contribution in [0.25, 0.3) is 0 Å². The maximum Gasteiger partial charge on any atom is 0.295 e. The highest BCUT2D eigenvalue weighted by Gasteiger charge is 2.20. The number of hydrogen-bond donors (Lipinski definition) is 0. The van der Waals surface area contributed by atoms with Crippen LogP contribution in [0.15, 0.2) is 42.5 Å². The van der Waals surface area contributed by atoms with Crippen LogP contribution in [-0.4, -0.2) is 9.85 Å². The fourth-order valence-corrected chi connectivity index (χ4v) is 2.36. The Morgan fingerprint density at radius 1 is 1.00 bits per heavy atom. The molecule has 2 rings (SSSR count). The Labute approximate surface area is 132 Å². The lowest BCUT2D eigenvalue weighted by Gasteiger charge is -2.16. The summed E-state index contributed by atoms with van der Waals surface area (Å²) in [6.07, 6.45) is 0. The van der Waals surface area contributed by atoms with Gasteiger partial charge in [0.05, 0.1) is 31.7 Å². The van der Waals surface area contributed by atoms with Crippen LogP contribution in [0.4, 0.5) is 22.7 Å². The quantitative estimate of drug-likeness (QED) is 0.444. The highest BCUT2D eigenvalue weighted by atomic mass is 79.9. The second kappa shape index (κ2) is 6.06. The zero-order chi connectivity index (χ0) is 15.6. The molecule has 0 amide bonds. The van der Waals surface area contributed by atoms with Crippen molar-refractivity contribution in [2.75, 3.05) is 3.93 Å². The van der Waals surface area contributed by atoms with Gasteiger partial charge in [-0.3, -0.25) is 24.2 Å². The number of nitro groups is 2. The molecule has 0 aliphatic heterocycles. The summed E-state index contributed by atoms with van der Waals surface area (Å²) in [5, 5.41) is 21.9. The van der Waals surface area contributed by atoms with Crippen LogP contribution in [0.5, 0.6) is 0 Å². The molecule has 2 aromatic rings. The lowest BCUT2D eigenvalue weighted by atomic mass is 10.2. The van der Waals surface area contributed by atoms with Gasteiger partial charge < -0.3 is 0 Å². The summed E-state index contributed by atoms with van der Waals surface area (Å²) in [7, 11) is 0. The number of anilines is 2. The molecule has 2 aromatic carbocycles. The standard InChI is InChI=1S/C12H7BrClN3O4/c13-15(9-2-4-10(5-3-9)16(18)19)11-6-1-8(14)7-12(11)17(20)21/h1-7H. The maximum atomic E-state index is 11.1. The first kappa shape index (κ1) is 15.2. The molecule has 0 aliphatic rings. The molecule has 0 saturated heterocycles. The molecule has 108 valence electrons. The van der Waals surface area contributed by atoms with Crippen LogP contribution in [0.2, 0.25) is 5.02 Å². The largest absolute Gasteiger partial charge is 0.295 e. The summed E-state index contributed by atoms with van der Waals surface area (Å²) in [4.78, 5) is 20.6. The van der Waals surface area contributed by atoms with E-state index in [1.807, 2.05) is 0 Å². The molecule has 0 fully saturated rings. The van der Waals surface area contributed by atoms with Gasteiger partial charge in [0, 0.05) is 23.2 Å². The topological polar surface area (TPSA) is 89.5 Å². The predicted molar refractivity (Wildman–Crippen MR) is 82.3 cm³/mol. The molecular weight excluding hydrogens is 366 g/mol. The number of non-ortho nitro benzene ring substituents is 1. The fraction of sp³-hybridized carbons (Fsp3) is 0. The van der Waals surface area contributed by atoms with Crippen molar-refractivity contribution in [1.82, 2.24) is 0 Å². The predicted octanol–water partition coefficient (Wildman–Crippen LogP) is 4.60. The van der Waals surface area contributed by atoms with E-state index >= 15 is 0 Å². The van der Waals surface area contributed by atoms with Crippen molar-refractivity contribution in [2.45, 2.75) is 0 Å². The third kappa shape index (κ3) is 3.29. The third-order valence-corrected chi connectivity index (χ3v) is 3.66. The maximum absolute atomic E-state index is 11.1. The van der Waals surface area contributed by atoms with Crippen LogP contribution in [0.1, 0.15) is 0 Å². The Kier molecular flexibility index (Phi) is 4.39. The Hall–Kier alpha value is -2.19. The zero-order valence-corrected chi connectivity index (χ0v) is 12.6. The van der Waals surface area contributed by atoms with E-state index in [1.54, 1.807) is 0 Å². The molecule has 0 spiro atoms. The minimum absolute atomic E-state index is 0.0646. The highest BCUT2D eigenvalue weighted by molar-refractivity contribution is 9.10. The van der Waals surface area contributed by atoms with Crippen LogP contribution in [0, 0.1) is 20.2 Å². The van der Waals surface area contributed by atoms with Crippen molar-refractivity contribution >= 4 is 50.5 Å². The fourth-order valence-electron chi connectivity index (χ4n) is 1.65. The number of rotatable bonds is 4. The Balaban J connectivity index is 2.42. The van der Waals surface area contributed by atoms with Crippen molar-refractivity contribution in [3.05, 3.63) is 67.7 Å². The molecule has 7 nitrogen and oxygen atoms in total. The van der Waals surface area contributed by atoms with Crippen LogP contribution < -0.4 is 3.93 Å². The smallest absolute Gasteiger partial charge is 0.270 e. The number of nitrogens with zero attached hydrogens (tertiary/aromatic N) is 3. The number of halogens is 2. The van der Waals surface area contributed by atoms with Gasteiger partial charge in [-0.2, -0.15) is 0 Å². The molecule has 0 bridgehead atoms. The first-order valence-corrected chi connectivity index (χ1v) is 6.63. The molecule has 0 aromatic heterocycles. The van der Waals surface area contributed by atoms with Crippen molar-refractivity contribution in [3.63, 3.8) is 0 Å². The molecule has 0 saturated carbocycles. The van der Waals surface area contributed by atoms with Gasteiger partial charge in [-0.05, 0) is 24.3 Å². The minimum atomic E-state index is -0.555. The van der Waals surface area contributed by atoms with E-state index < -0.39 is 9.85 Å². The normalized spacial score (nSPS) is 10.2. The minimum Gasteiger partial charge on any atom is -0.270 e. The molecular formula is C12H7BrClN3O4. The van der Waals surface area contributed by atoms with Gasteiger partial charge in [0.1, 0.15) is 5.69 Å². The van der Waals surface area contributed by atoms with Gasteiger partial charge in [0.2, 0.25) is 0 Å². The first-order valence-electron chi connectivity index (χ1n) is 5.54. The summed E-state index contributed by atoms with van der Waals surface area (Å²) >= 11 is 8.97. The summed E-state index contributed by atoms with van der Waals surface area (Å²) in [5.41, 5.74) is 0.521. The molecule has 9 heteroatoms. The van der Waals surface area contributed by atoms with Crippen molar-refractivity contribution in [2.24, 2.45) is 0 Å². The lowest BCUT2D eigenvalue weighted by molar-refractivity contribution is -0.384. The van der Waals surface area contributed by atoms with Gasteiger partial charge in [0.25, 0.3) is 11.4 Å². The van der Waals surface area contributed by atoms with Gasteiger partial charge in [-0.1, -0.05) is 11.6 Å². The van der Waals surface area contributed by atoms with Gasteiger partial charge in [0.15, 0.2) is 0 Å². The van der Waals surface area contributed by atoms with Gasteiger partial charge >= 0.3 is 0 Å². The lowest BCUT2D eigenvalue weighted by Crippen LogP contribution is -2.04. The molecule has 21 heavy (non-hydrogen) atoms. The van der Waals surface area contributed by atoms with E-state index in [1.165, 1.54) is 46.4 Å². The zero-order valence-electron chi connectivity index (χ0n) is 10.3. The first-order chi connectivity index (χ1) is 9.90. The van der Waals surface area contributed by atoms with Crippen molar-refractivity contribution in [1.29, 1.82) is 0 Å². The SMILES string of the molecule is O=[N+]([O-])c1ccc(N(Br)c2ccc(Cl)cc2[N+](=O)[O-])cc1. The summed E-state index contributed by atoms with van der Waals surface area (Å²) in [6.45, 7) is 0. The second-order valence-corrected chi connectivity index (χ2v) is 5.09. The molecule has 0 N–H and O–H groups in total. The molecule has 0 radical (unpaired) electrons. The molecule has 0 atom stereocenters. The molecule has 0 aliphatic carbocycles. The number of benzene rings is 2. The van der Waals surface area contributed by atoms with Gasteiger partial charge in [-0.15, -0.1) is 0 Å². The molecule has 0 unspecified atom stereocenters. The van der Waals surface area contributed by atoms with E-state index in [4.69, 9.17) is 11.6 Å². The average molecular weight is 373 g/mol. The van der Waals surface area contributed by atoms with E-state index in [0.717, 1.165) is 0 Å². The average Bonchev–Trinajstić information content (AvgIpc) is 2.46. The summed E-state index contributed by atoms with van der Waals surface area (Å²) < 4.78 is 1.38. The van der Waals surface area contributed by atoms with E-state index in [-0.39, 0.29) is 22.1 Å². The van der Waals surface area contributed by atoms with Gasteiger partial charge in [-0.25, -0.2) is 0 Å². The second-order valence-electron chi connectivity index (χ2n) is 3.94. The Morgan fingerprint density at radius 2 is 1.62 bits per heavy atom. The summed E-state index contributed by atoms with van der Waals surface area (Å²) in [5.74, 6) is 0. The Morgan fingerprint density at radius 3 is 2.14 bits per heavy atom. The monoisotopic (exact) mass is 371 g/mol. The molecule has 0 heterocycles. The van der Waals surface area contributed by atoms with Crippen LogP contribution in [0.3, 0.4) is 0 Å². The van der Waals surface area contributed by atoms with E-state index in [0.29, 0.717) is 5.69 Å². The van der Waals surface area contributed by atoms with Crippen LogP contribution >= 0.6 is 27.7 Å². The summed E-state index contributed by atoms with van der Waals surface area (Å²) in [6, 6.07) is 9.81. The highest BCUT2D eigenvalue weighted by Crippen LogP contribution is 2.38. The number of nitro benzene ring substituents is 2. The van der Waals surface area contributed by atoms with Crippen molar-refractivity contribution < 1.29 is 9.85 Å². The van der Waals surface area contributed by atoms with E-state index in [2.05, 4.69) is 16.1 Å². The third-order valence-electron chi connectivity index (χ3n) is 2.63. The van der Waals surface area contributed by atoms with E-state index in [9.17, 15) is 20.2 Å². The van der Waals surface area contributed by atoms with Crippen molar-refractivity contribution in [3.8, 4) is 0 Å². The number of hydrogen-bond acceptors (Lipinski definition) is 5.